The smallest absolute Gasteiger partial charge is 0.197 e. The zero-order chi connectivity index (χ0) is 31.5. The molecule has 0 spiro atoms. The van der Waals surface area contributed by atoms with E-state index < -0.39 is 0 Å². The molecule has 2 aliphatic carbocycles. The van der Waals surface area contributed by atoms with Crippen LogP contribution in [0, 0.1) is 0 Å². The number of carbonyl (C=O) groups excluding carboxylic acids is 2. The van der Waals surface area contributed by atoms with Crippen LogP contribution in [-0.2, 0) is 6.42 Å². The number of allylic oxidation sites excluding steroid dienone is 2. The Hall–Kier alpha value is -6.06. The van der Waals surface area contributed by atoms with Crippen LogP contribution in [-0.4, -0.2) is 11.6 Å². The number of Topliss-reactive ketones (excluding diaryl/α,β-unsaturated/α-hetero) is 2. The van der Waals surface area contributed by atoms with Gasteiger partial charge in [-0.15, -0.1) is 0 Å². The Bertz CT molecular complexity index is 2450. The van der Waals surface area contributed by atoms with E-state index in [-0.39, 0.29) is 17.1 Å². The first-order valence-electron chi connectivity index (χ1n) is 16.0. The van der Waals surface area contributed by atoms with Gasteiger partial charge in [0, 0.05) is 28.2 Å². The molecule has 47 heavy (non-hydrogen) atoms. The second-order valence-electron chi connectivity index (χ2n) is 12.5. The zero-order valence-electron chi connectivity index (χ0n) is 25.6. The minimum atomic E-state index is -0.197. The number of carbonyl (C=O) groups is 2. The average Bonchev–Trinajstić information content (AvgIpc) is 3.34. The van der Waals surface area contributed by atoms with E-state index in [0.717, 1.165) is 46.1 Å². The number of hydrogen-bond donors (Lipinski definition) is 0. The summed E-state index contributed by atoms with van der Waals surface area (Å²) < 4.78 is 0. The van der Waals surface area contributed by atoms with Gasteiger partial charge in [-0.05, 0) is 123 Å². The number of para-hydroxylation sites is 1. The van der Waals surface area contributed by atoms with Crippen molar-refractivity contribution in [1.82, 2.24) is 0 Å². The molecule has 7 aromatic carbocycles. The SMILES string of the molecule is O=C1C(=Cc2ccc3c(c2)CCC(N(c2ccccc2)c2ccc4cc5ccccc5cc4c2)=C3)C(=O)c2cc3ccccc3cc21. The summed E-state index contributed by atoms with van der Waals surface area (Å²) >= 11 is 0. The lowest BCUT2D eigenvalue weighted by Gasteiger charge is -2.31. The highest BCUT2D eigenvalue weighted by Crippen LogP contribution is 2.38. The fourth-order valence-corrected chi connectivity index (χ4v) is 7.19. The molecule has 3 heteroatoms. The molecule has 0 atom stereocenters. The topological polar surface area (TPSA) is 37.4 Å². The molecule has 0 saturated carbocycles. The molecule has 9 rings (SSSR count). The summed E-state index contributed by atoms with van der Waals surface area (Å²) in [7, 11) is 0. The highest BCUT2D eigenvalue weighted by atomic mass is 16.2. The van der Waals surface area contributed by atoms with Crippen LogP contribution in [0.4, 0.5) is 11.4 Å². The first-order valence-corrected chi connectivity index (χ1v) is 16.0. The van der Waals surface area contributed by atoms with Crippen molar-refractivity contribution in [2.45, 2.75) is 12.8 Å². The first-order chi connectivity index (χ1) is 23.1. The van der Waals surface area contributed by atoms with Crippen LogP contribution >= 0.6 is 0 Å². The summed E-state index contributed by atoms with van der Waals surface area (Å²) in [5.74, 6) is -0.393. The summed E-state index contributed by atoms with van der Waals surface area (Å²) in [6.45, 7) is 0. The second kappa shape index (κ2) is 10.8. The van der Waals surface area contributed by atoms with E-state index in [1.165, 1.54) is 32.8 Å². The molecule has 222 valence electrons. The maximum atomic E-state index is 13.4. The molecular formula is C44H29NO2. The Morgan fingerprint density at radius 1 is 0.489 bits per heavy atom. The summed E-state index contributed by atoms with van der Waals surface area (Å²) in [6.07, 6.45) is 5.76. The van der Waals surface area contributed by atoms with Crippen molar-refractivity contribution < 1.29 is 9.59 Å². The Kier molecular flexibility index (Phi) is 6.26. The fraction of sp³-hybridized carbons (Fsp3) is 0.0455. The molecule has 2 aliphatic rings. The van der Waals surface area contributed by atoms with Crippen molar-refractivity contribution in [2.24, 2.45) is 0 Å². The van der Waals surface area contributed by atoms with Gasteiger partial charge in [0.1, 0.15) is 0 Å². The second-order valence-corrected chi connectivity index (χ2v) is 12.5. The van der Waals surface area contributed by atoms with Gasteiger partial charge >= 0.3 is 0 Å². The molecule has 0 heterocycles. The van der Waals surface area contributed by atoms with Gasteiger partial charge in [0.25, 0.3) is 0 Å². The van der Waals surface area contributed by atoms with Gasteiger partial charge in [0.15, 0.2) is 11.6 Å². The molecule has 0 radical (unpaired) electrons. The number of rotatable bonds is 4. The molecule has 7 aromatic rings. The van der Waals surface area contributed by atoms with E-state index in [9.17, 15) is 9.59 Å². The Morgan fingerprint density at radius 3 is 1.77 bits per heavy atom. The predicted octanol–water partition coefficient (Wildman–Crippen LogP) is 10.7. The lowest BCUT2D eigenvalue weighted by atomic mass is 9.92. The lowest BCUT2D eigenvalue weighted by Crippen LogP contribution is -2.19. The van der Waals surface area contributed by atoms with Crippen LogP contribution in [0.2, 0.25) is 0 Å². The van der Waals surface area contributed by atoms with Gasteiger partial charge in [-0.3, -0.25) is 9.59 Å². The molecule has 0 unspecified atom stereocenters. The molecule has 0 amide bonds. The highest BCUT2D eigenvalue weighted by Gasteiger charge is 2.33. The van der Waals surface area contributed by atoms with Crippen LogP contribution in [0.25, 0.3) is 44.5 Å². The largest absolute Gasteiger partial charge is 0.314 e. The van der Waals surface area contributed by atoms with Crippen molar-refractivity contribution in [3.63, 3.8) is 0 Å². The molecule has 0 aliphatic heterocycles. The predicted molar refractivity (Wildman–Crippen MR) is 193 cm³/mol. The zero-order valence-corrected chi connectivity index (χ0v) is 25.6. The van der Waals surface area contributed by atoms with Gasteiger partial charge in [0.2, 0.25) is 0 Å². The average molecular weight is 604 g/mol. The summed E-state index contributed by atoms with van der Waals surface area (Å²) in [5, 5.41) is 6.84. The quantitative estimate of drug-likeness (QED) is 0.114. The van der Waals surface area contributed by atoms with Crippen LogP contribution in [0.1, 0.15) is 43.8 Å². The number of fused-ring (bicyclic) bond motifs is 5. The summed E-state index contributed by atoms with van der Waals surface area (Å²) in [4.78, 5) is 29.1. The molecule has 0 fully saturated rings. The number of aryl methyl sites for hydroxylation is 1. The normalized spacial score (nSPS) is 14.0. The van der Waals surface area contributed by atoms with E-state index in [1.807, 2.05) is 42.5 Å². The molecule has 0 aromatic heterocycles. The maximum absolute atomic E-state index is 13.4. The molecule has 0 N–H and O–H groups in total. The third kappa shape index (κ3) is 4.67. The maximum Gasteiger partial charge on any atom is 0.197 e. The summed E-state index contributed by atoms with van der Waals surface area (Å²) in [6, 6.07) is 48.1. The molecule has 0 saturated heterocycles. The van der Waals surface area contributed by atoms with Gasteiger partial charge < -0.3 is 4.90 Å². The highest BCUT2D eigenvalue weighted by molar-refractivity contribution is 6.42. The van der Waals surface area contributed by atoms with E-state index in [0.29, 0.717) is 11.1 Å². The Balaban J connectivity index is 1.07. The lowest BCUT2D eigenvalue weighted by molar-refractivity contribution is 0.0990. The minimum absolute atomic E-state index is 0.197. The van der Waals surface area contributed by atoms with Crippen molar-refractivity contribution in [3.8, 4) is 0 Å². The Labute approximate surface area is 272 Å². The van der Waals surface area contributed by atoms with Gasteiger partial charge in [-0.1, -0.05) is 91.0 Å². The van der Waals surface area contributed by atoms with Crippen LogP contribution < -0.4 is 4.90 Å². The molecule has 0 bridgehead atoms. The van der Waals surface area contributed by atoms with Crippen molar-refractivity contribution in [1.29, 1.82) is 0 Å². The number of benzene rings is 7. The fourth-order valence-electron chi connectivity index (χ4n) is 7.19. The van der Waals surface area contributed by atoms with Gasteiger partial charge in [0.05, 0.1) is 5.57 Å². The number of nitrogens with zero attached hydrogens (tertiary/aromatic N) is 1. The van der Waals surface area contributed by atoms with Gasteiger partial charge in [-0.2, -0.15) is 0 Å². The van der Waals surface area contributed by atoms with Crippen molar-refractivity contribution in [3.05, 3.63) is 179 Å². The van der Waals surface area contributed by atoms with E-state index in [1.54, 1.807) is 6.08 Å². The van der Waals surface area contributed by atoms with Crippen LogP contribution in [0.15, 0.2) is 151 Å². The van der Waals surface area contributed by atoms with E-state index >= 15 is 0 Å². The van der Waals surface area contributed by atoms with Crippen molar-refractivity contribution >= 4 is 67.4 Å². The van der Waals surface area contributed by atoms with Crippen molar-refractivity contribution in [2.75, 3.05) is 4.90 Å². The van der Waals surface area contributed by atoms with Gasteiger partial charge in [-0.25, -0.2) is 0 Å². The van der Waals surface area contributed by atoms with Crippen LogP contribution in [0.5, 0.6) is 0 Å². The number of anilines is 2. The van der Waals surface area contributed by atoms with Crippen LogP contribution in [0.3, 0.4) is 0 Å². The summed E-state index contributed by atoms with van der Waals surface area (Å²) in [5.41, 5.74) is 7.93. The third-order valence-electron chi connectivity index (χ3n) is 9.56. The first kappa shape index (κ1) is 27.3. The van der Waals surface area contributed by atoms with E-state index in [4.69, 9.17) is 0 Å². The number of hydrogen-bond acceptors (Lipinski definition) is 3. The standard InChI is InChI=1S/C44H29NO2/c46-43-40-26-31-10-6-7-11-32(31)27-41(40)44(47)42(43)21-28-14-15-35-24-38(18-16-33(35)20-28)45(37-12-2-1-3-13-37)39-19-17-34-22-29-8-4-5-9-30(29)23-36(34)25-39/h1-15,17,19-27H,16,18H2. The number of ketones is 2. The minimum Gasteiger partial charge on any atom is -0.314 e. The molecule has 3 nitrogen and oxygen atoms in total. The monoisotopic (exact) mass is 603 g/mol. The third-order valence-corrected chi connectivity index (χ3v) is 9.56. The van der Waals surface area contributed by atoms with E-state index in [2.05, 4.69) is 108 Å². The Morgan fingerprint density at radius 2 is 1.09 bits per heavy atom. The molecular weight excluding hydrogens is 574 g/mol.